The monoisotopic (exact) mass is 343 g/mol. The van der Waals surface area contributed by atoms with Gasteiger partial charge in [-0.3, -0.25) is 9.35 Å². The molecule has 1 amide bonds. The van der Waals surface area contributed by atoms with Gasteiger partial charge >= 0.3 is 0 Å². The number of benzene rings is 1. The van der Waals surface area contributed by atoms with Gasteiger partial charge in [-0.05, 0) is 42.5 Å². The van der Waals surface area contributed by atoms with Gasteiger partial charge in [0.25, 0.3) is 16.0 Å². The highest BCUT2D eigenvalue weighted by Gasteiger charge is 2.11. The first-order chi connectivity index (χ1) is 9.99. The lowest BCUT2D eigenvalue weighted by Crippen LogP contribution is -2.24. The number of aliphatic imine (C=N–C) groups is 1. The average molecular weight is 343 g/mol. The van der Waals surface area contributed by atoms with Gasteiger partial charge in [0.05, 0.1) is 11.1 Å². The molecule has 1 aromatic carbocycles. The summed E-state index contributed by atoms with van der Waals surface area (Å²) in [6.45, 7) is 4.09. The number of carbonyl (C=O) groups excluding carboxylic acids is 1. The van der Waals surface area contributed by atoms with E-state index in [-0.39, 0.29) is 11.9 Å². The van der Waals surface area contributed by atoms with Gasteiger partial charge < -0.3 is 11.5 Å². The maximum Gasteiger partial charge on any atom is 0.290 e. The van der Waals surface area contributed by atoms with Crippen LogP contribution in [-0.2, 0) is 10.1 Å². The van der Waals surface area contributed by atoms with Crippen molar-refractivity contribution in [3.8, 4) is 0 Å². The number of guanidine groups is 1. The van der Waals surface area contributed by atoms with Crippen LogP contribution in [0.15, 0.2) is 23.2 Å². The number of amides is 1. The molecule has 1 aromatic heterocycles. The van der Waals surface area contributed by atoms with Crippen LogP contribution >= 0.6 is 11.3 Å². The number of rotatable bonds is 1. The number of thiophene rings is 1. The predicted octanol–water partition coefficient (Wildman–Crippen LogP) is 1.44. The van der Waals surface area contributed by atoms with Gasteiger partial charge in [-0.2, -0.15) is 13.4 Å². The number of nitrogens with two attached hydrogens (primary N) is 2. The van der Waals surface area contributed by atoms with Crippen LogP contribution in [0.5, 0.6) is 0 Å². The molecule has 0 aliphatic rings. The second kappa shape index (κ2) is 6.86. The highest BCUT2D eigenvalue weighted by atomic mass is 32.2. The first-order valence-electron chi connectivity index (χ1n) is 6.05. The molecule has 0 atom stereocenters. The molecule has 120 valence electrons. The van der Waals surface area contributed by atoms with Gasteiger partial charge in [0, 0.05) is 4.70 Å². The van der Waals surface area contributed by atoms with Crippen molar-refractivity contribution in [1.82, 2.24) is 0 Å². The summed E-state index contributed by atoms with van der Waals surface area (Å²) >= 11 is 1.40. The zero-order valence-corrected chi connectivity index (χ0v) is 14.0. The maximum absolute atomic E-state index is 11.7. The van der Waals surface area contributed by atoms with Gasteiger partial charge in [0.15, 0.2) is 5.96 Å². The summed E-state index contributed by atoms with van der Waals surface area (Å²) in [6, 6.07) is 5.90. The second-order valence-corrected chi connectivity index (χ2v) is 7.15. The fraction of sp³-hybridized carbons (Fsp3) is 0.231. The summed E-state index contributed by atoms with van der Waals surface area (Å²) in [5, 5.41) is 1.09. The molecule has 0 saturated heterocycles. The van der Waals surface area contributed by atoms with E-state index in [0.29, 0.717) is 11.1 Å². The van der Waals surface area contributed by atoms with Gasteiger partial charge in [-0.15, -0.1) is 11.3 Å². The molecule has 5 N–H and O–H groups in total. The number of hydrogen-bond acceptors (Lipinski definition) is 4. The van der Waals surface area contributed by atoms with Crippen molar-refractivity contribution in [2.24, 2.45) is 16.5 Å². The Morgan fingerprint density at radius 3 is 2.32 bits per heavy atom. The Balaban J connectivity index is 0.000000422. The maximum atomic E-state index is 11.7. The van der Waals surface area contributed by atoms with Crippen LogP contribution < -0.4 is 11.5 Å². The molecule has 0 aliphatic heterocycles. The van der Waals surface area contributed by atoms with E-state index in [4.69, 9.17) is 16.0 Å². The van der Waals surface area contributed by atoms with Crippen molar-refractivity contribution in [1.29, 1.82) is 0 Å². The van der Waals surface area contributed by atoms with Gasteiger partial charge in [0.1, 0.15) is 0 Å². The summed E-state index contributed by atoms with van der Waals surface area (Å²) in [6.07, 6.45) is 0.715. The highest BCUT2D eigenvalue weighted by Crippen LogP contribution is 2.30. The van der Waals surface area contributed by atoms with Crippen LogP contribution in [0.4, 0.5) is 0 Å². The Bertz CT molecular complexity index is 826. The molecule has 1 heterocycles. The van der Waals surface area contributed by atoms with Crippen LogP contribution in [0.3, 0.4) is 0 Å². The number of carbonyl (C=O) groups is 1. The van der Waals surface area contributed by atoms with Crippen LogP contribution in [0.25, 0.3) is 10.1 Å². The van der Waals surface area contributed by atoms with E-state index in [0.717, 1.165) is 10.1 Å². The molecular formula is C13H17N3O4S2. The minimum atomic E-state index is -3.67. The lowest BCUT2D eigenvalue weighted by molar-refractivity contribution is 0.101. The molecule has 0 unspecified atom stereocenters. The summed E-state index contributed by atoms with van der Waals surface area (Å²) in [5.41, 5.74) is 12.8. The van der Waals surface area contributed by atoms with Crippen LogP contribution in [0, 0.1) is 13.8 Å². The van der Waals surface area contributed by atoms with Crippen molar-refractivity contribution in [3.63, 3.8) is 0 Å². The lowest BCUT2D eigenvalue weighted by Gasteiger charge is -1.99. The fourth-order valence-corrected chi connectivity index (χ4v) is 2.64. The number of fused-ring (bicyclic) bond motifs is 1. The SMILES string of the molecule is CS(=O)(=O)O.Cc1ccc2sc(C(=O)N=C(N)N)cc2c1C. The largest absolute Gasteiger partial charge is 0.370 e. The second-order valence-electron chi connectivity index (χ2n) is 4.60. The first-order valence-corrected chi connectivity index (χ1v) is 8.71. The van der Waals surface area contributed by atoms with Gasteiger partial charge in [0.2, 0.25) is 0 Å². The topological polar surface area (TPSA) is 136 Å². The average Bonchev–Trinajstić information content (AvgIpc) is 2.76. The van der Waals surface area contributed by atoms with Crippen molar-refractivity contribution < 1.29 is 17.8 Å². The van der Waals surface area contributed by atoms with Crippen LogP contribution in [0.2, 0.25) is 0 Å². The zero-order chi connectivity index (χ0) is 17.1. The minimum Gasteiger partial charge on any atom is -0.370 e. The van der Waals surface area contributed by atoms with E-state index in [9.17, 15) is 13.2 Å². The van der Waals surface area contributed by atoms with E-state index >= 15 is 0 Å². The van der Waals surface area contributed by atoms with Crippen molar-refractivity contribution in [2.45, 2.75) is 13.8 Å². The number of hydrogen-bond donors (Lipinski definition) is 3. The molecule has 0 radical (unpaired) electrons. The molecule has 22 heavy (non-hydrogen) atoms. The minimum absolute atomic E-state index is 0.208. The third kappa shape index (κ3) is 5.43. The number of nitrogens with zero attached hydrogens (tertiary/aromatic N) is 1. The van der Waals surface area contributed by atoms with Crippen molar-refractivity contribution in [3.05, 3.63) is 34.2 Å². The van der Waals surface area contributed by atoms with E-state index in [2.05, 4.69) is 4.99 Å². The van der Waals surface area contributed by atoms with Crippen molar-refractivity contribution >= 4 is 43.4 Å². The first kappa shape index (κ1) is 18.1. The van der Waals surface area contributed by atoms with E-state index in [1.807, 2.05) is 32.0 Å². The third-order valence-corrected chi connectivity index (χ3v) is 3.77. The molecule has 2 rings (SSSR count). The molecule has 0 saturated carbocycles. The molecule has 7 nitrogen and oxygen atoms in total. The fourth-order valence-electron chi connectivity index (χ4n) is 1.64. The molecule has 9 heteroatoms. The molecule has 0 fully saturated rings. The Kier molecular flexibility index (Phi) is 5.64. The molecule has 0 spiro atoms. The Labute approximate surface area is 132 Å². The predicted molar refractivity (Wildman–Crippen MR) is 88.9 cm³/mol. The summed E-state index contributed by atoms with van der Waals surface area (Å²) in [5.74, 6) is -0.594. The lowest BCUT2D eigenvalue weighted by atomic mass is 10.1. The third-order valence-electron chi connectivity index (χ3n) is 2.68. The smallest absolute Gasteiger partial charge is 0.290 e. The van der Waals surface area contributed by atoms with Gasteiger partial charge in [-0.1, -0.05) is 6.07 Å². The van der Waals surface area contributed by atoms with E-state index < -0.39 is 10.1 Å². The Morgan fingerprint density at radius 2 is 1.82 bits per heavy atom. The standard InChI is InChI=1S/C12H13N3OS.CH4O3S/c1-6-3-4-9-8(7(6)2)5-10(17-9)11(16)15-12(13)14;1-5(2,3)4/h3-5H,1-2H3,(H4,13,14,15,16);1H3,(H,2,3,4). The molecule has 0 aliphatic carbocycles. The Morgan fingerprint density at radius 1 is 1.27 bits per heavy atom. The quantitative estimate of drug-likeness (QED) is 0.407. The summed E-state index contributed by atoms with van der Waals surface area (Å²) in [7, 11) is -3.67. The summed E-state index contributed by atoms with van der Waals surface area (Å²) in [4.78, 5) is 15.8. The van der Waals surface area contributed by atoms with Crippen LogP contribution in [-0.4, -0.2) is 31.1 Å². The van der Waals surface area contributed by atoms with Crippen molar-refractivity contribution in [2.75, 3.05) is 6.26 Å². The number of aryl methyl sites for hydroxylation is 2. The zero-order valence-electron chi connectivity index (χ0n) is 12.3. The van der Waals surface area contributed by atoms with E-state index in [1.165, 1.54) is 22.5 Å². The molecular weight excluding hydrogens is 326 g/mol. The van der Waals surface area contributed by atoms with Crippen LogP contribution in [0.1, 0.15) is 20.8 Å². The normalized spacial score (nSPS) is 10.7. The summed E-state index contributed by atoms with van der Waals surface area (Å²) < 4.78 is 26.9. The highest BCUT2D eigenvalue weighted by molar-refractivity contribution is 7.85. The molecule has 2 aromatic rings. The van der Waals surface area contributed by atoms with Gasteiger partial charge in [-0.25, -0.2) is 0 Å². The Hall–Kier alpha value is -1.97. The van der Waals surface area contributed by atoms with E-state index in [1.54, 1.807) is 0 Å². The molecule has 0 bridgehead atoms.